The van der Waals surface area contributed by atoms with E-state index in [-0.39, 0.29) is 17.6 Å². The van der Waals surface area contributed by atoms with Crippen LogP contribution < -0.4 is 19.6 Å². The molecule has 33 heavy (non-hydrogen) atoms. The molecule has 0 radical (unpaired) electrons. The maximum absolute atomic E-state index is 13.3. The van der Waals surface area contributed by atoms with Crippen molar-refractivity contribution < 1.29 is 23.4 Å². The molecule has 1 saturated heterocycles. The summed E-state index contributed by atoms with van der Waals surface area (Å²) in [6.45, 7) is 9.15. The number of aryl methyl sites for hydroxylation is 1. The van der Waals surface area contributed by atoms with Crippen molar-refractivity contribution in [2.24, 2.45) is 0 Å². The Morgan fingerprint density at radius 1 is 1.00 bits per heavy atom. The Morgan fingerprint density at radius 3 is 2.42 bits per heavy atom. The van der Waals surface area contributed by atoms with Crippen LogP contribution in [0.25, 0.3) is 22.1 Å². The van der Waals surface area contributed by atoms with E-state index in [0.717, 1.165) is 25.2 Å². The molecule has 2 atom stereocenters. The molecule has 7 heteroatoms. The summed E-state index contributed by atoms with van der Waals surface area (Å²) >= 11 is 0. The highest BCUT2D eigenvalue weighted by Crippen LogP contribution is 2.33. The van der Waals surface area contributed by atoms with Crippen LogP contribution in [0.3, 0.4) is 0 Å². The molecule has 0 N–H and O–H groups in total. The van der Waals surface area contributed by atoms with Gasteiger partial charge < -0.3 is 23.4 Å². The number of hydrogen-bond donors (Lipinski definition) is 0. The summed E-state index contributed by atoms with van der Waals surface area (Å²) in [6.07, 6.45) is 0.457. The fourth-order valence-corrected chi connectivity index (χ4v) is 4.46. The van der Waals surface area contributed by atoms with Crippen molar-refractivity contribution >= 4 is 11.0 Å². The predicted molar refractivity (Wildman–Crippen MR) is 128 cm³/mol. The molecule has 4 rings (SSSR count). The highest BCUT2D eigenvalue weighted by Gasteiger charge is 2.22. The largest absolute Gasteiger partial charge is 0.493 e. The van der Waals surface area contributed by atoms with Gasteiger partial charge in [0, 0.05) is 25.7 Å². The Bertz CT molecular complexity index is 1180. The van der Waals surface area contributed by atoms with Crippen LogP contribution in [0.5, 0.6) is 17.2 Å². The van der Waals surface area contributed by atoms with E-state index in [1.165, 1.54) is 0 Å². The van der Waals surface area contributed by atoms with Gasteiger partial charge in [0.2, 0.25) is 5.43 Å². The van der Waals surface area contributed by atoms with Crippen molar-refractivity contribution in [3.8, 4) is 28.4 Å². The lowest BCUT2D eigenvalue weighted by molar-refractivity contribution is -0.0699. The van der Waals surface area contributed by atoms with Crippen LogP contribution in [0.15, 0.2) is 45.6 Å². The fraction of sp³-hybridized carbons (Fsp3) is 0.423. The smallest absolute Gasteiger partial charge is 0.200 e. The molecule has 0 saturated carbocycles. The Morgan fingerprint density at radius 2 is 1.73 bits per heavy atom. The van der Waals surface area contributed by atoms with Gasteiger partial charge in [-0.05, 0) is 50.6 Å². The van der Waals surface area contributed by atoms with Gasteiger partial charge in [0.1, 0.15) is 23.7 Å². The first-order valence-corrected chi connectivity index (χ1v) is 11.2. The third-order valence-corrected chi connectivity index (χ3v) is 5.88. The zero-order chi connectivity index (χ0) is 23.5. The summed E-state index contributed by atoms with van der Waals surface area (Å²) in [4.78, 5) is 15.7. The maximum atomic E-state index is 13.3. The van der Waals surface area contributed by atoms with Gasteiger partial charge >= 0.3 is 0 Å². The number of methoxy groups -OCH3 is 2. The van der Waals surface area contributed by atoms with E-state index >= 15 is 0 Å². The third-order valence-electron chi connectivity index (χ3n) is 5.88. The number of benzene rings is 2. The molecule has 1 aliphatic heterocycles. The van der Waals surface area contributed by atoms with Crippen molar-refractivity contribution in [3.05, 3.63) is 52.4 Å². The minimum absolute atomic E-state index is 0.0937. The van der Waals surface area contributed by atoms with Crippen LogP contribution in [0.4, 0.5) is 0 Å². The molecular formula is C26H31NO6. The quantitative estimate of drug-likeness (QED) is 0.529. The Labute approximate surface area is 193 Å². The van der Waals surface area contributed by atoms with Crippen molar-refractivity contribution in [2.75, 3.05) is 40.5 Å². The zero-order valence-corrected chi connectivity index (χ0v) is 19.8. The van der Waals surface area contributed by atoms with Gasteiger partial charge in [-0.15, -0.1) is 0 Å². The van der Waals surface area contributed by atoms with E-state index in [4.69, 9.17) is 23.4 Å². The van der Waals surface area contributed by atoms with E-state index < -0.39 is 0 Å². The summed E-state index contributed by atoms with van der Waals surface area (Å²) in [7, 11) is 3.15. The molecule has 176 valence electrons. The molecule has 0 amide bonds. The average molecular weight is 454 g/mol. The predicted octanol–water partition coefficient (Wildman–Crippen LogP) is 4.27. The van der Waals surface area contributed by atoms with Crippen LogP contribution in [-0.4, -0.2) is 57.6 Å². The molecule has 0 aliphatic carbocycles. The topological polar surface area (TPSA) is 70.4 Å². The van der Waals surface area contributed by atoms with Gasteiger partial charge in [-0.1, -0.05) is 6.07 Å². The summed E-state index contributed by atoms with van der Waals surface area (Å²) in [5.41, 5.74) is 1.64. The van der Waals surface area contributed by atoms with Gasteiger partial charge in [-0.25, -0.2) is 0 Å². The molecule has 2 aromatic carbocycles. The van der Waals surface area contributed by atoms with Crippen molar-refractivity contribution in [1.82, 2.24) is 4.90 Å². The van der Waals surface area contributed by atoms with E-state index in [1.54, 1.807) is 45.4 Å². The van der Waals surface area contributed by atoms with Crippen LogP contribution in [0.2, 0.25) is 0 Å². The Hall–Kier alpha value is -3.03. The number of morpholine rings is 1. The van der Waals surface area contributed by atoms with Crippen molar-refractivity contribution in [3.63, 3.8) is 0 Å². The standard InChI is InChI=1S/C26H31NO6/c1-16-14-27(15-17(2)32-16)10-11-31-20-7-8-21-23(13-20)33-18(3)25(26(21)28)19-6-9-22(29-4)24(12-19)30-5/h6-9,12-13,16-17H,10-11,14-15H2,1-5H3. The average Bonchev–Trinajstić information content (AvgIpc) is 2.78. The molecule has 1 fully saturated rings. The van der Waals surface area contributed by atoms with Gasteiger partial charge in [-0.2, -0.15) is 0 Å². The molecule has 2 unspecified atom stereocenters. The summed E-state index contributed by atoms with van der Waals surface area (Å²) in [5, 5.41) is 0.508. The molecule has 7 nitrogen and oxygen atoms in total. The van der Waals surface area contributed by atoms with Gasteiger partial charge in [-0.3, -0.25) is 9.69 Å². The second-order valence-corrected chi connectivity index (χ2v) is 8.46. The van der Waals surface area contributed by atoms with Crippen LogP contribution in [0.1, 0.15) is 19.6 Å². The third kappa shape index (κ3) is 4.99. The van der Waals surface area contributed by atoms with Gasteiger partial charge in [0.25, 0.3) is 0 Å². The highest BCUT2D eigenvalue weighted by molar-refractivity contribution is 5.84. The molecular weight excluding hydrogens is 422 g/mol. The van der Waals surface area contributed by atoms with Crippen molar-refractivity contribution in [2.45, 2.75) is 33.0 Å². The lowest BCUT2D eigenvalue weighted by atomic mass is 10.0. The summed E-state index contributed by atoms with van der Waals surface area (Å²) < 4.78 is 28.5. The lowest BCUT2D eigenvalue weighted by Gasteiger charge is -2.35. The normalized spacial score (nSPS) is 18.9. The fourth-order valence-electron chi connectivity index (χ4n) is 4.46. The number of ether oxygens (including phenoxy) is 4. The minimum atomic E-state index is -0.0937. The first-order valence-electron chi connectivity index (χ1n) is 11.2. The minimum Gasteiger partial charge on any atom is -0.493 e. The molecule has 0 bridgehead atoms. The molecule has 2 heterocycles. The second-order valence-electron chi connectivity index (χ2n) is 8.46. The van der Waals surface area contributed by atoms with E-state index in [9.17, 15) is 4.79 Å². The van der Waals surface area contributed by atoms with Gasteiger partial charge in [0.15, 0.2) is 11.5 Å². The first-order chi connectivity index (χ1) is 15.9. The SMILES string of the molecule is COc1ccc(-c2c(C)oc3cc(OCCN4CC(C)OC(C)C4)ccc3c2=O)cc1OC. The lowest BCUT2D eigenvalue weighted by Crippen LogP contribution is -2.46. The number of hydrogen-bond acceptors (Lipinski definition) is 7. The van der Waals surface area contributed by atoms with Crippen LogP contribution >= 0.6 is 0 Å². The van der Waals surface area contributed by atoms with E-state index in [1.807, 2.05) is 12.1 Å². The van der Waals surface area contributed by atoms with Crippen LogP contribution in [-0.2, 0) is 4.74 Å². The second kappa shape index (κ2) is 9.85. The summed E-state index contributed by atoms with van der Waals surface area (Å²) in [6, 6.07) is 10.8. The van der Waals surface area contributed by atoms with Crippen molar-refractivity contribution in [1.29, 1.82) is 0 Å². The molecule has 0 spiro atoms. The highest BCUT2D eigenvalue weighted by atomic mass is 16.5. The van der Waals surface area contributed by atoms with Crippen LogP contribution in [0, 0.1) is 6.92 Å². The first kappa shape index (κ1) is 23.1. The monoisotopic (exact) mass is 453 g/mol. The summed E-state index contributed by atoms with van der Waals surface area (Å²) in [5.74, 6) is 2.37. The zero-order valence-electron chi connectivity index (χ0n) is 19.8. The Kier molecular flexibility index (Phi) is 6.91. The molecule has 1 aliphatic rings. The molecule has 1 aromatic heterocycles. The molecule has 3 aromatic rings. The number of nitrogens with zero attached hydrogens (tertiary/aromatic N) is 1. The number of fused-ring (bicyclic) bond motifs is 1. The van der Waals surface area contributed by atoms with E-state index in [0.29, 0.717) is 46.1 Å². The maximum Gasteiger partial charge on any atom is 0.200 e. The van der Waals surface area contributed by atoms with E-state index in [2.05, 4.69) is 18.7 Å². The number of rotatable bonds is 7. The van der Waals surface area contributed by atoms with Gasteiger partial charge in [0.05, 0.1) is 37.4 Å². The Balaban J connectivity index is 1.54.